The summed E-state index contributed by atoms with van der Waals surface area (Å²) in [6, 6.07) is 1.33. The van der Waals surface area contributed by atoms with E-state index in [1.165, 1.54) is 6.07 Å². The Balaban J connectivity index is 2.37. The van der Waals surface area contributed by atoms with E-state index in [2.05, 4.69) is 10.3 Å². The molecule has 1 aromatic heterocycles. The number of hydrogen-bond acceptors (Lipinski definition) is 2. The fraction of sp³-hybridized carbons (Fsp3) is 0.444. The molecule has 4 heteroatoms. The average molecular weight is 182 g/mol. The first-order valence-corrected chi connectivity index (χ1v) is 4.39. The fourth-order valence-electron chi connectivity index (χ4n) is 1.68. The molecule has 2 heterocycles. The molecule has 0 radical (unpaired) electrons. The zero-order valence-corrected chi connectivity index (χ0v) is 7.14. The highest BCUT2D eigenvalue weighted by Gasteiger charge is 2.19. The Kier molecular flexibility index (Phi) is 2.14. The van der Waals surface area contributed by atoms with E-state index in [-0.39, 0.29) is 17.4 Å². The third kappa shape index (κ3) is 1.62. The predicted octanol–water partition coefficient (Wildman–Crippen LogP) is 0.938. The summed E-state index contributed by atoms with van der Waals surface area (Å²) in [5.41, 5.74) is 0.318. The van der Waals surface area contributed by atoms with Crippen LogP contribution in [-0.2, 0) is 0 Å². The van der Waals surface area contributed by atoms with Crippen molar-refractivity contribution in [1.29, 1.82) is 0 Å². The van der Waals surface area contributed by atoms with Gasteiger partial charge in [-0.1, -0.05) is 0 Å². The van der Waals surface area contributed by atoms with E-state index in [9.17, 15) is 9.18 Å². The van der Waals surface area contributed by atoms with Crippen LogP contribution in [0.2, 0.25) is 0 Å². The maximum atomic E-state index is 12.8. The second-order valence-electron chi connectivity index (χ2n) is 3.25. The normalized spacial score (nSPS) is 22.1. The van der Waals surface area contributed by atoms with Gasteiger partial charge in [-0.2, -0.15) is 0 Å². The van der Waals surface area contributed by atoms with E-state index in [1.807, 2.05) is 0 Å². The molecule has 0 spiro atoms. The molecule has 1 fully saturated rings. The monoisotopic (exact) mass is 182 g/mol. The van der Waals surface area contributed by atoms with Gasteiger partial charge in [-0.25, -0.2) is 4.39 Å². The SMILES string of the molecule is O=c1[nH]cc(F)cc1C1CCCN1. The molecular weight excluding hydrogens is 171 g/mol. The summed E-state index contributed by atoms with van der Waals surface area (Å²) in [4.78, 5) is 13.7. The lowest BCUT2D eigenvalue weighted by atomic mass is 10.1. The molecule has 2 N–H and O–H groups in total. The molecule has 0 aromatic carbocycles. The molecule has 1 aromatic rings. The van der Waals surface area contributed by atoms with Crippen LogP contribution in [0.3, 0.4) is 0 Å². The Bertz CT molecular complexity index is 355. The number of halogens is 1. The van der Waals surface area contributed by atoms with Crippen LogP contribution in [-0.4, -0.2) is 11.5 Å². The molecule has 1 aliphatic rings. The molecular formula is C9H11FN2O. The van der Waals surface area contributed by atoms with Crippen LogP contribution in [0, 0.1) is 5.82 Å². The Labute approximate surface area is 75.0 Å². The van der Waals surface area contributed by atoms with Crippen LogP contribution in [0.25, 0.3) is 0 Å². The summed E-state index contributed by atoms with van der Waals surface area (Å²) in [7, 11) is 0. The van der Waals surface area contributed by atoms with Gasteiger partial charge in [0, 0.05) is 17.8 Å². The lowest BCUT2D eigenvalue weighted by Gasteiger charge is -2.08. The highest BCUT2D eigenvalue weighted by molar-refractivity contribution is 5.16. The topological polar surface area (TPSA) is 44.9 Å². The summed E-state index contributed by atoms with van der Waals surface area (Å²) >= 11 is 0. The minimum atomic E-state index is -0.386. The number of H-pyrrole nitrogens is 1. The third-order valence-corrected chi connectivity index (χ3v) is 2.33. The van der Waals surface area contributed by atoms with Gasteiger partial charge in [0.15, 0.2) is 0 Å². The maximum absolute atomic E-state index is 12.8. The average Bonchev–Trinajstić information content (AvgIpc) is 2.61. The van der Waals surface area contributed by atoms with Crippen LogP contribution in [0.1, 0.15) is 24.4 Å². The number of aromatic nitrogens is 1. The van der Waals surface area contributed by atoms with Gasteiger partial charge < -0.3 is 10.3 Å². The summed E-state index contributed by atoms with van der Waals surface area (Å²) in [6.45, 7) is 0.903. The van der Waals surface area contributed by atoms with E-state index in [0.29, 0.717) is 5.56 Å². The minimum Gasteiger partial charge on any atom is -0.326 e. The number of aromatic amines is 1. The first kappa shape index (κ1) is 8.44. The Morgan fingerprint density at radius 2 is 2.38 bits per heavy atom. The molecule has 0 aliphatic carbocycles. The molecule has 2 rings (SSSR count). The lowest BCUT2D eigenvalue weighted by molar-refractivity contribution is 0.594. The van der Waals surface area contributed by atoms with E-state index in [0.717, 1.165) is 25.6 Å². The molecule has 13 heavy (non-hydrogen) atoms. The zero-order chi connectivity index (χ0) is 9.26. The van der Waals surface area contributed by atoms with Crippen molar-refractivity contribution in [2.24, 2.45) is 0 Å². The Morgan fingerprint density at radius 3 is 3.08 bits per heavy atom. The van der Waals surface area contributed by atoms with Crippen LogP contribution in [0.15, 0.2) is 17.1 Å². The number of hydrogen-bond donors (Lipinski definition) is 2. The van der Waals surface area contributed by atoms with Crippen LogP contribution >= 0.6 is 0 Å². The molecule has 1 unspecified atom stereocenters. The quantitative estimate of drug-likeness (QED) is 0.678. The number of pyridine rings is 1. The second kappa shape index (κ2) is 3.30. The van der Waals surface area contributed by atoms with E-state index in [1.54, 1.807) is 0 Å². The first-order chi connectivity index (χ1) is 6.27. The number of rotatable bonds is 1. The summed E-state index contributed by atoms with van der Waals surface area (Å²) in [5.74, 6) is -0.386. The van der Waals surface area contributed by atoms with Crippen molar-refractivity contribution in [3.05, 3.63) is 34.0 Å². The summed E-state index contributed by atoms with van der Waals surface area (Å²) in [5, 5.41) is 3.15. The van der Waals surface area contributed by atoms with Crippen LogP contribution < -0.4 is 10.9 Å². The molecule has 1 saturated heterocycles. The van der Waals surface area contributed by atoms with E-state index in [4.69, 9.17) is 0 Å². The minimum absolute atomic E-state index is 0.0273. The van der Waals surface area contributed by atoms with Crippen molar-refractivity contribution in [1.82, 2.24) is 10.3 Å². The van der Waals surface area contributed by atoms with Crippen molar-refractivity contribution in [3.8, 4) is 0 Å². The number of nitrogens with one attached hydrogen (secondary N) is 2. The van der Waals surface area contributed by atoms with Gasteiger partial charge in [0.1, 0.15) is 5.82 Å². The fourth-order valence-corrected chi connectivity index (χ4v) is 1.68. The first-order valence-electron chi connectivity index (χ1n) is 4.39. The molecule has 0 saturated carbocycles. The van der Waals surface area contributed by atoms with Crippen LogP contribution in [0.5, 0.6) is 0 Å². The smallest absolute Gasteiger partial charge is 0.252 e. The van der Waals surface area contributed by atoms with E-state index < -0.39 is 0 Å². The van der Waals surface area contributed by atoms with Crippen molar-refractivity contribution in [2.75, 3.05) is 6.54 Å². The maximum Gasteiger partial charge on any atom is 0.252 e. The molecule has 0 bridgehead atoms. The third-order valence-electron chi connectivity index (χ3n) is 2.33. The van der Waals surface area contributed by atoms with Gasteiger partial charge in [-0.3, -0.25) is 4.79 Å². The van der Waals surface area contributed by atoms with Crippen molar-refractivity contribution >= 4 is 0 Å². The van der Waals surface area contributed by atoms with Gasteiger partial charge in [0.05, 0.1) is 0 Å². The Morgan fingerprint density at radius 1 is 1.54 bits per heavy atom. The van der Waals surface area contributed by atoms with Gasteiger partial charge >= 0.3 is 0 Å². The highest BCUT2D eigenvalue weighted by Crippen LogP contribution is 2.19. The molecule has 3 nitrogen and oxygen atoms in total. The van der Waals surface area contributed by atoms with Crippen molar-refractivity contribution < 1.29 is 4.39 Å². The predicted molar refractivity (Wildman–Crippen MR) is 47.0 cm³/mol. The lowest BCUT2D eigenvalue weighted by Crippen LogP contribution is -2.22. The van der Waals surface area contributed by atoms with Gasteiger partial charge in [0.2, 0.25) is 0 Å². The second-order valence-corrected chi connectivity index (χ2v) is 3.25. The van der Waals surface area contributed by atoms with Crippen LogP contribution in [0.4, 0.5) is 4.39 Å². The van der Waals surface area contributed by atoms with E-state index >= 15 is 0 Å². The standard InChI is InChI=1S/C9H11FN2O/c10-6-4-7(9(13)12-5-6)8-2-1-3-11-8/h4-5,8,11H,1-3H2,(H,12,13). The molecule has 0 amide bonds. The van der Waals surface area contributed by atoms with Crippen molar-refractivity contribution in [2.45, 2.75) is 18.9 Å². The molecule has 70 valence electrons. The largest absolute Gasteiger partial charge is 0.326 e. The molecule has 1 atom stereocenters. The highest BCUT2D eigenvalue weighted by atomic mass is 19.1. The van der Waals surface area contributed by atoms with Crippen molar-refractivity contribution in [3.63, 3.8) is 0 Å². The van der Waals surface area contributed by atoms with Gasteiger partial charge in [-0.05, 0) is 25.5 Å². The van der Waals surface area contributed by atoms with Gasteiger partial charge in [-0.15, -0.1) is 0 Å². The zero-order valence-electron chi connectivity index (χ0n) is 7.14. The molecule has 1 aliphatic heterocycles. The van der Waals surface area contributed by atoms with Gasteiger partial charge in [0.25, 0.3) is 5.56 Å². The summed E-state index contributed by atoms with van der Waals surface area (Å²) < 4.78 is 12.8. The summed E-state index contributed by atoms with van der Waals surface area (Å²) in [6.07, 6.45) is 3.04. The Hall–Kier alpha value is -1.16.